The topological polar surface area (TPSA) is 139 Å². The number of nitrogens with one attached hydrogen (secondary N) is 3. The number of fused-ring (bicyclic) bond motifs is 1. The predicted octanol–water partition coefficient (Wildman–Crippen LogP) is 2.95. The highest BCUT2D eigenvalue weighted by atomic mass is 32.2. The van der Waals surface area contributed by atoms with Gasteiger partial charge in [-0.15, -0.1) is 5.10 Å². The standard InChI is InChI=1S/C26H23FN6O4S/c1-16-12-21(25(34)28-8-10-33-11-9-29-32-33)24(30-16)14-20-19-13-18(6-7-23(19)31-26(20)35)38(36,37)15-17-4-2-3-5-22(17)27/h2-7,9,11-14,30H,8,10,15H2,1H3,(H,28,34)(H,31,35)/b20-14-. The summed E-state index contributed by atoms with van der Waals surface area (Å²) in [6.07, 6.45) is 4.75. The second-order valence-corrected chi connectivity index (χ2v) is 10.8. The van der Waals surface area contributed by atoms with Crippen LogP contribution in [0.15, 0.2) is 65.8 Å². The number of hydrogen-bond acceptors (Lipinski definition) is 6. The molecule has 0 bridgehead atoms. The largest absolute Gasteiger partial charge is 0.358 e. The molecule has 5 rings (SSSR count). The monoisotopic (exact) mass is 534 g/mol. The van der Waals surface area contributed by atoms with Gasteiger partial charge >= 0.3 is 0 Å². The summed E-state index contributed by atoms with van der Waals surface area (Å²) in [5.74, 6) is -1.91. The van der Waals surface area contributed by atoms with Crippen molar-refractivity contribution < 1.29 is 22.4 Å². The summed E-state index contributed by atoms with van der Waals surface area (Å²) in [6, 6.07) is 11.6. The van der Waals surface area contributed by atoms with Gasteiger partial charge in [0.25, 0.3) is 11.8 Å². The van der Waals surface area contributed by atoms with E-state index >= 15 is 0 Å². The number of anilines is 1. The average Bonchev–Trinajstić information content (AvgIpc) is 3.60. The van der Waals surface area contributed by atoms with Crippen LogP contribution in [-0.4, -0.2) is 46.8 Å². The SMILES string of the molecule is Cc1cc(C(=O)NCCn2ccnn2)c(/C=C2\C(=O)Nc3ccc(S(=O)(=O)Cc4ccccc4F)cc32)[nH]1. The normalized spacial score (nSPS) is 13.9. The molecule has 3 N–H and O–H groups in total. The Kier molecular flexibility index (Phi) is 6.64. The predicted molar refractivity (Wildman–Crippen MR) is 138 cm³/mol. The van der Waals surface area contributed by atoms with Crippen molar-refractivity contribution in [2.75, 3.05) is 11.9 Å². The first-order chi connectivity index (χ1) is 18.2. The van der Waals surface area contributed by atoms with E-state index in [4.69, 9.17) is 0 Å². The number of carbonyl (C=O) groups excluding carboxylic acids is 2. The quantitative estimate of drug-likeness (QED) is 0.297. The van der Waals surface area contributed by atoms with Crippen LogP contribution < -0.4 is 10.6 Å². The average molecular weight is 535 g/mol. The smallest absolute Gasteiger partial charge is 0.256 e. The van der Waals surface area contributed by atoms with Crippen LogP contribution in [0.2, 0.25) is 0 Å². The molecule has 2 aromatic carbocycles. The number of carbonyl (C=O) groups is 2. The maximum absolute atomic E-state index is 14.1. The number of aromatic amines is 1. The van der Waals surface area contributed by atoms with Gasteiger partial charge in [-0.25, -0.2) is 12.8 Å². The number of aromatic nitrogens is 4. The van der Waals surface area contributed by atoms with Crippen LogP contribution in [0.1, 0.15) is 32.9 Å². The van der Waals surface area contributed by atoms with Crippen LogP contribution >= 0.6 is 0 Å². The summed E-state index contributed by atoms with van der Waals surface area (Å²) in [4.78, 5) is 28.7. The third-order valence-corrected chi connectivity index (χ3v) is 7.71. The highest BCUT2D eigenvalue weighted by Crippen LogP contribution is 2.36. The van der Waals surface area contributed by atoms with Gasteiger partial charge in [0.15, 0.2) is 9.84 Å². The third kappa shape index (κ3) is 5.11. The molecule has 0 aliphatic carbocycles. The van der Waals surface area contributed by atoms with Gasteiger partial charge in [0.05, 0.1) is 40.2 Å². The molecule has 0 saturated heterocycles. The number of aryl methyl sites for hydroxylation is 1. The first kappa shape index (κ1) is 25.1. The molecule has 1 aliphatic heterocycles. The molecule has 0 spiro atoms. The molecule has 4 aromatic rings. The Hall–Kier alpha value is -4.58. The summed E-state index contributed by atoms with van der Waals surface area (Å²) < 4.78 is 41.8. The minimum atomic E-state index is -3.91. The fourth-order valence-electron chi connectivity index (χ4n) is 4.19. The first-order valence-electron chi connectivity index (χ1n) is 11.7. The summed E-state index contributed by atoms with van der Waals surface area (Å²) in [7, 11) is -3.91. The second kappa shape index (κ2) is 10.1. The zero-order chi connectivity index (χ0) is 26.9. The van der Waals surface area contributed by atoms with E-state index in [0.717, 1.165) is 0 Å². The number of halogens is 1. The van der Waals surface area contributed by atoms with Crippen molar-refractivity contribution in [2.45, 2.75) is 24.1 Å². The summed E-state index contributed by atoms with van der Waals surface area (Å²) in [5, 5.41) is 13.1. The Bertz CT molecular complexity index is 1680. The lowest BCUT2D eigenvalue weighted by Gasteiger charge is -2.08. The maximum Gasteiger partial charge on any atom is 0.256 e. The minimum Gasteiger partial charge on any atom is -0.358 e. The third-order valence-electron chi connectivity index (χ3n) is 6.05. The zero-order valence-corrected chi connectivity index (χ0v) is 21.0. The molecule has 0 radical (unpaired) electrons. The molecular weight excluding hydrogens is 511 g/mol. The zero-order valence-electron chi connectivity index (χ0n) is 20.2. The minimum absolute atomic E-state index is 0.0457. The maximum atomic E-state index is 14.1. The van der Waals surface area contributed by atoms with Crippen molar-refractivity contribution in [3.63, 3.8) is 0 Å². The number of nitrogens with zero attached hydrogens (tertiary/aromatic N) is 3. The fraction of sp³-hybridized carbons (Fsp3) is 0.154. The molecule has 3 heterocycles. The lowest BCUT2D eigenvalue weighted by Crippen LogP contribution is -2.27. The number of benzene rings is 2. The van der Waals surface area contributed by atoms with Crippen molar-refractivity contribution in [1.29, 1.82) is 0 Å². The number of hydrogen-bond donors (Lipinski definition) is 3. The van der Waals surface area contributed by atoms with Gasteiger partial charge in [-0.3, -0.25) is 14.3 Å². The Morgan fingerprint density at radius 1 is 1.18 bits per heavy atom. The van der Waals surface area contributed by atoms with E-state index in [9.17, 15) is 22.4 Å². The highest BCUT2D eigenvalue weighted by molar-refractivity contribution is 7.90. The fourth-order valence-corrected chi connectivity index (χ4v) is 5.58. The molecule has 0 atom stereocenters. The van der Waals surface area contributed by atoms with Gasteiger partial charge in [-0.1, -0.05) is 23.4 Å². The molecule has 0 unspecified atom stereocenters. The van der Waals surface area contributed by atoms with E-state index in [0.29, 0.717) is 41.3 Å². The van der Waals surface area contributed by atoms with Crippen LogP contribution in [-0.2, 0) is 26.9 Å². The molecule has 2 aromatic heterocycles. The van der Waals surface area contributed by atoms with E-state index in [1.54, 1.807) is 36.1 Å². The Morgan fingerprint density at radius 3 is 2.76 bits per heavy atom. The molecule has 2 amide bonds. The molecule has 12 heteroatoms. The number of amides is 2. The number of sulfone groups is 1. The van der Waals surface area contributed by atoms with Crippen molar-refractivity contribution in [3.8, 4) is 0 Å². The number of H-pyrrole nitrogens is 1. The Labute approximate surface area is 217 Å². The molecule has 38 heavy (non-hydrogen) atoms. The number of rotatable bonds is 8. The van der Waals surface area contributed by atoms with Crippen LogP contribution in [0.25, 0.3) is 11.6 Å². The second-order valence-electron chi connectivity index (χ2n) is 8.77. The van der Waals surface area contributed by atoms with E-state index in [-0.39, 0.29) is 21.9 Å². The van der Waals surface area contributed by atoms with Crippen LogP contribution in [0.4, 0.5) is 10.1 Å². The Balaban J connectivity index is 1.42. The van der Waals surface area contributed by atoms with Gasteiger partial charge in [0.1, 0.15) is 5.82 Å². The summed E-state index contributed by atoms with van der Waals surface area (Å²) >= 11 is 0. The van der Waals surface area contributed by atoms with E-state index in [1.165, 1.54) is 42.5 Å². The van der Waals surface area contributed by atoms with Gasteiger partial charge in [-0.05, 0) is 43.3 Å². The molecule has 1 aliphatic rings. The van der Waals surface area contributed by atoms with Crippen molar-refractivity contribution in [2.24, 2.45) is 0 Å². The van der Waals surface area contributed by atoms with Crippen LogP contribution in [0.5, 0.6) is 0 Å². The Morgan fingerprint density at radius 2 is 2.00 bits per heavy atom. The first-order valence-corrected chi connectivity index (χ1v) is 13.3. The van der Waals surface area contributed by atoms with Crippen molar-refractivity contribution in [3.05, 3.63) is 94.8 Å². The van der Waals surface area contributed by atoms with Gasteiger partial charge in [-0.2, -0.15) is 0 Å². The molecule has 0 fully saturated rings. The van der Waals surface area contributed by atoms with Gasteiger partial charge in [0, 0.05) is 35.2 Å². The van der Waals surface area contributed by atoms with Crippen LogP contribution in [0, 0.1) is 12.7 Å². The van der Waals surface area contributed by atoms with E-state index < -0.39 is 27.3 Å². The van der Waals surface area contributed by atoms with E-state index in [2.05, 4.69) is 25.9 Å². The summed E-state index contributed by atoms with van der Waals surface area (Å²) in [5.41, 5.74) is 2.50. The summed E-state index contributed by atoms with van der Waals surface area (Å²) in [6.45, 7) is 2.53. The lowest BCUT2D eigenvalue weighted by atomic mass is 10.0. The van der Waals surface area contributed by atoms with Gasteiger partial charge in [0.2, 0.25) is 0 Å². The van der Waals surface area contributed by atoms with Crippen LogP contribution in [0.3, 0.4) is 0 Å². The molecular formula is C26H23FN6O4S. The van der Waals surface area contributed by atoms with E-state index in [1.807, 2.05) is 0 Å². The lowest BCUT2D eigenvalue weighted by molar-refractivity contribution is -0.110. The molecule has 10 nitrogen and oxygen atoms in total. The van der Waals surface area contributed by atoms with Crippen molar-refractivity contribution in [1.82, 2.24) is 25.3 Å². The molecule has 0 saturated carbocycles. The van der Waals surface area contributed by atoms with Gasteiger partial charge < -0.3 is 15.6 Å². The molecule has 194 valence electrons. The van der Waals surface area contributed by atoms with Crippen molar-refractivity contribution >= 4 is 39.0 Å². The highest BCUT2D eigenvalue weighted by Gasteiger charge is 2.28.